The van der Waals surface area contributed by atoms with Crippen molar-refractivity contribution in [1.29, 1.82) is 0 Å². The molecule has 0 saturated carbocycles. The van der Waals surface area contributed by atoms with Crippen molar-refractivity contribution in [1.82, 2.24) is 19.7 Å². The molecule has 0 bridgehead atoms. The number of hydrogen-bond donors (Lipinski definition) is 0. The molecule has 0 unspecified atom stereocenters. The summed E-state index contributed by atoms with van der Waals surface area (Å²) in [5.41, 5.74) is 3.21. The lowest BCUT2D eigenvalue weighted by Crippen LogP contribution is -2.41. The lowest BCUT2D eigenvalue weighted by Gasteiger charge is -2.31. The molecule has 1 aromatic carbocycles. The van der Waals surface area contributed by atoms with Gasteiger partial charge in [-0.1, -0.05) is 25.1 Å². The monoisotopic (exact) mass is 396 g/mol. The van der Waals surface area contributed by atoms with Crippen LogP contribution < -0.4 is 0 Å². The molecular formula is C23H29FN4O. The first-order chi connectivity index (χ1) is 14.0. The molecular weight excluding hydrogens is 367 g/mol. The van der Waals surface area contributed by atoms with Crippen molar-refractivity contribution in [3.8, 4) is 0 Å². The van der Waals surface area contributed by atoms with E-state index < -0.39 is 0 Å². The van der Waals surface area contributed by atoms with E-state index >= 15 is 0 Å². The Morgan fingerprint density at radius 3 is 2.69 bits per heavy atom. The van der Waals surface area contributed by atoms with Gasteiger partial charge in [-0.3, -0.25) is 9.88 Å². The SMILES string of the molecule is CCc1ccc(CN2C[C@@H]3CN(C(=O)N(C)C)[C@H](c4cccc(F)c4)[C@@H]3C2)nc1. The number of aromatic nitrogens is 1. The predicted octanol–water partition coefficient (Wildman–Crippen LogP) is 3.57. The van der Waals surface area contributed by atoms with Gasteiger partial charge in [-0.05, 0) is 41.7 Å². The van der Waals surface area contributed by atoms with Crippen LogP contribution in [-0.4, -0.2) is 59.4 Å². The fraction of sp³-hybridized carbons (Fsp3) is 0.478. The van der Waals surface area contributed by atoms with Gasteiger partial charge in [-0.15, -0.1) is 0 Å². The Labute approximate surface area is 172 Å². The van der Waals surface area contributed by atoms with Gasteiger partial charge in [0.2, 0.25) is 0 Å². The highest BCUT2D eigenvalue weighted by atomic mass is 19.1. The summed E-state index contributed by atoms with van der Waals surface area (Å²) in [5, 5.41) is 0. The number of amides is 2. The van der Waals surface area contributed by atoms with E-state index in [4.69, 9.17) is 0 Å². The van der Waals surface area contributed by atoms with Crippen molar-refractivity contribution in [2.24, 2.45) is 11.8 Å². The summed E-state index contributed by atoms with van der Waals surface area (Å²) in [7, 11) is 3.55. The summed E-state index contributed by atoms with van der Waals surface area (Å²) >= 11 is 0. The summed E-state index contributed by atoms with van der Waals surface area (Å²) in [5.74, 6) is 0.441. The second-order valence-electron chi connectivity index (χ2n) is 8.46. The molecule has 4 rings (SSSR count). The van der Waals surface area contributed by atoms with Gasteiger partial charge in [0, 0.05) is 52.4 Å². The van der Waals surface area contributed by atoms with Gasteiger partial charge in [0.1, 0.15) is 5.82 Å². The molecule has 2 amide bonds. The van der Waals surface area contributed by atoms with Crippen LogP contribution in [0.3, 0.4) is 0 Å². The second-order valence-corrected chi connectivity index (χ2v) is 8.46. The van der Waals surface area contributed by atoms with E-state index in [1.165, 1.54) is 11.6 Å². The molecule has 2 aliphatic rings. The number of carbonyl (C=O) groups is 1. The zero-order valence-corrected chi connectivity index (χ0v) is 17.4. The number of carbonyl (C=O) groups excluding carboxylic acids is 1. The highest BCUT2D eigenvalue weighted by Gasteiger charge is 2.49. The van der Waals surface area contributed by atoms with E-state index in [1.54, 1.807) is 31.1 Å². The van der Waals surface area contributed by atoms with Crippen LogP contribution in [0.4, 0.5) is 9.18 Å². The lowest BCUT2D eigenvalue weighted by molar-refractivity contribution is 0.151. The summed E-state index contributed by atoms with van der Waals surface area (Å²) in [6.07, 6.45) is 2.95. The summed E-state index contributed by atoms with van der Waals surface area (Å²) in [4.78, 5) is 23.4. The molecule has 2 fully saturated rings. The van der Waals surface area contributed by atoms with Crippen molar-refractivity contribution in [2.45, 2.75) is 25.9 Å². The van der Waals surface area contributed by atoms with Gasteiger partial charge < -0.3 is 9.80 Å². The van der Waals surface area contributed by atoms with Gasteiger partial charge in [-0.2, -0.15) is 0 Å². The van der Waals surface area contributed by atoms with Gasteiger partial charge in [0.25, 0.3) is 0 Å². The number of pyridine rings is 1. The Balaban J connectivity index is 1.54. The van der Waals surface area contributed by atoms with Crippen LogP contribution in [0.5, 0.6) is 0 Å². The molecule has 5 nitrogen and oxygen atoms in total. The van der Waals surface area contributed by atoms with Crippen LogP contribution in [-0.2, 0) is 13.0 Å². The molecule has 0 N–H and O–H groups in total. The Morgan fingerprint density at radius 1 is 1.21 bits per heavy atom. The maximum absolute atomic E-state index is 13.9. The minimum atomic E-state index is -0.252. The summed E-state index contributed by atoms with van der Waals surface area (Å²) in [6, 6.07) is 10.9. The first-order valence-electron chi connectivity index (χ1n) is 10.4. The van der Waals surface area contributed by atoms with Crippen molar-refractivity contribution in [2.75, 3.05) is 33.7 Å². The number of benzene rings is 1. The Kier molecular flexibility index (Phi) is 5.54. The van der Waals surface area contributed by atoms with Gasteiger partial charge in [0.05, 0.1) is 11.7 Å². The molecule has 1 aromatic heterocycles. The van der Waals surface area contributed by atoms with E-state index in [1.807, 2.05) is 17.2 Å². The third kappa shape index (κ3) is 3.99. The molecule has 3 atom stereocenters. The number of fused-ring (bicyclic) bond motifs is 1. The summed E-state index contributed by atoms with van der Waals surface area (Å²) < 4.78 is 13.9. The number of aryl methyl sites for hydroxylation is 1. The first-order valence-corrected chi connectivity index (χ1v) is 10.4. The van der Waals surface area contributed by atoms with Crippen LogP contribution in [0.25, 0.3) is 0 Å². The van der Waals surface area contributed by atoms with E-state index in [-0.39, 0.29) is 17.9 Å². The third-order valence-electron chi connectivity index (χ3n) is 6.24. The molecule has 2 aromatic rings. The van der Waals surface area contributed by atoms with Gasteiger partial charge in [-0.25, -0.2) is 9.18 Å². The van der Waals surface area contributed by atoms with Crippen LogP contribution in [0, 0.1) is 17.7 Å². The Bertz CT molecular complexity index is 869. The average molecular weight is 397 g/mol. The minimum Gasteiger partial charge on any atom is -0.331 e. The van der Waals surface area contributed by atoms with Crippen LogP contribution in [0.15, 0.2) is 42.6 Å². The quantitative estimate of drug-likeness (QED) is 0.793. The van der Waals surface area contributed by atoms with Crippen LogP contribution in [0.1, 0.15) is 29.8 Å². The molecule has 154 valence electrons. The average Bonchev–Trinajstić information content (AvgIpc) is 3.24. The molecule has 6 heteroatoms. The molecule has 0 spiro atoms. The number of hydrogen-bond acceptors (Lipinski definition) is 3. The lowest BCUT2D eigenvalue weighted by atomic mass is 9.89. The minimum absolute atomic E-state index is 0.00275. The maximum atomic E-state index is 13.9. The van der Waals surface area contributed by atoms with Gasteiger partial charge in [0.15, 0.2) is 0 Å². The van der Waals surface area contributed by atoms with Crippen molar-refractivity contribution in [3.63, 3.8) is 0 Å². The zero-order valence-electron chi connectivity index (χ0n) is 17.4. The fourth-order valence-corrected chi connectivity index (χ4v) is 4.82. The Hall–Kier alpha value is -2.47. The highest BCUT2D eigenvalue weighted by molar-refractivity contribution is 5.75. The number of rotatable bonds is 4. The zero-order chi connectivity index (χ0) is 20.5. The smallest absolute Gasteiger partial charge is 0.320 e. The van der Waals surface area contributed by atoms with E-state index in [0.29, 0.717) is 18.4 Å². The van der Waals surface area contributed by atoms with Crippen molar-refractivity contribution < 1.29 is 9.18 Å². The first kappa shape index (κ1) is 19.8. The van der Waals surface area contributed by atoms with Gasteiger partial charge >= 0.3 is 6.03 Å². The largest absolute Gasteiger partial charge is 0.331 e. The van der Waals surface area contributed by atoms with Crippen molar-refractivity contribution >= 4 is 6.03 Å². The molecule has 2 saturated heterocycles. The second kappa shape index (κ2) is 8.11. The number of urea groups is 1. The van der Waals surface area contributed by atoms with E-state index in [9.17, 15) is 9.18 Å². The molecule has 3 heterocycles. The maximum Gasteiger partial charge on any atom is 0.320 e. The highest BCUT2D eigenvalue weighted by Crippen LogP contribution is 2.45. The Morgan fingerprint density at radius 2 is 2.03 bits per heavy atom. The standard InChI is InChI=1S/C23H29FN4O/c1-4-16-8-9-20(25-11-16)14-27-12-18-13-28(23(29)26(2)3)22(21(18)15-27)17-6-5-7-19(24)10-17/h5-11,18,21-22H,4,12-15H2,1-3H3/t18-,21-,22-/m1/s1. The number of nitrogens with zero attached hydrogens (tertiary/aromatic N) is 4. The van der Waals surface area contributed by atoms with Crippen LogP contribution >= 0.6 is 0 Å². The molecule has 0 radical (unpaired) electrons. The molecule has 0 aliphatic carbocycles. The number of halogens is 1. The number of likely N-dealkylation sites (tertiary alicyclic amines) is 2. The molecule has 2 aliphatic heterocycles. The van der Waals surface area contributed by atoms with Crippen molar-refractivity contribution in [3.05, 3.63) is 65.2 Å². The fourth-order valence-electron chi connectivity index (χ4n) is 4.82. The summed E-state index contributed by atoms with van der Waals surface area (Å²) in [6.45, 7) is 5.48. The molecule has 29 heavy (non-hydrogen) atoms. The van der Waals surface area contributed by atoms with Crippen LogP contribution in [0.2, 0.25) is 0 Å². The predicted molar refractivity (Wildman–Crippen MR) is 111 cm³/mol. The van der Waals surface area contributed by atoms with E-state index in [0.717, 1.165) is 37.3 Å². The normalized spacial score (nSPS) is 24.0. The third-order valence-corrected chi connectivity index (χ3v) is 6.24. The topological polar surface area (TPSA) is 39.7 Å². The van der Waals surface area contributed by atoms with E-state index in [2.05, 4.69) is 28.9 Å².